The van der Waals surface area contributed by atoms with Crippen molar-refractivity contribution in [3.05, 3.63) is 66.0 Å². The van der Waals surface area contributed by atoms with Crippen LogP contribution in [0, 0.1) is 0 Å². The molecule has 0 aliphatic heterocycles. The molecule has 7 nitrogen and oxygen atoms in total. The number of carbonyl (C=O) groups is 2. The first-order valence-electron chi connectivity index (χ1n) is 8.17. The molecule has 2 heterocycles. The number of rotatable bonds is 3. The summed E-state index contributed by atoms with van der Waals surface area (Å²) in [5.74, 6) is -0.765. The fourth-order valence-corrected chi connectivity index (χ4v) is 3.19. The van der Waals surface area contributed by atoms with Gasteiger partial charge in [-0.15, -0.1) is 0 Å². The van der Waals surface area contributed by atoms with E-state index in [1.807, 2.05) is 28.8 Å². The summed E-state index contributed by atoms with van der Waals surface area (Å²) in [7, 11) is 2.54. The molecule has 0 saturated carbocycles. The molecule has 2 aromatic heterocycles. The summed E-state index contributed by atoms with van der Waals surface area (Å²) >= 11 is 0. The number of carbonyl (C=O) groups excluding carboxylic acids is 2. The Morgan fingerprint density at radius 2 is 1.44 bits per heavy atom. The van der Waals surface area contributed by atoms with Gasteiger partial charge in [0.25, 0.3) is 0 Å². The summed E-state index contributed by atoms with van der Waals surface area (Å²) in [6, 6.07) is 12.7. The predicted molar refractivity (Wildman–Crippen MR) is 99.1 cm³/mol. The topological polar surface area (TPSA) is 83.3 Å². The maximum atomic E-state index is 12.3. The first-order valence-corrected chi connectivity index (χ1v) is 8.17. The monoisotopic (exact) mass is 361 g/mol. The Morgan fingerprint density at radius 1 is 0.815 bits per heavy atom. The standard InChI is InChI=1S/C20H15N3O4/c1-26-18(24)14-10-13-12-6-3-4-7-16(12)23(20-21-8-5-9-22-20)17(13)11-15(14)19(25)27-2/h3-11H,1-2H3. The van der Waals surface area contributed by atoms with E-state index < -0.39 is 11.9 Å². The molecule has 0 atom stereocenters. The maximum absolute atomic E-state index is 12.3. The van der Waals surface area contributed by atoms with E-state index in [2.05, 4.69) is 9.97 Å². The second kappa shape index (κ2) is 6.53. The van der Waals surface area contributed by atoms with Gasteiger partial charge in [0.2, 0.25) is 5.95 Å². The number of benzene rings is 2. The average molecular weight is 361 g/mol. The summed E-state index contributed by atoms with van der Waals surface area (Å²) in [5, 5.41) is 1.69. The van der Waals surface area contributed by atoms with Crippen LogP contribution in [0.1, 0.15) is 20.7 Å². The van der Waals surface area contributed by atoms with Gasteiger partial charge < -0.3 is 9.47 Å². The van der Waals surface area contributed by atoms with Gasteiger partial charge in [0, 0.05) is 23.2 Å². The molecule has 0 aliphatic carbocycles. The van der Waals surface area contributed by atoms with Crippen molar-refractivity contribution < 1.29 is 19.1 Å². The van der Waals surface area contributed by atoms with Crippen LogP contribution in [0.5, 0.6) is 0 Å². The molecule has 134 valence electrons. The molecule has 0 fully saturated rings. The highest BCUT2D eigenvalue weighted by Gasteiger charge is 2.23. The third-order valence-corrected chi connectivity index (χ3v) is 4.37. The quantitative estimate of drug-likeness (QED) is 0.521. The summed E-state index contributed by atoms with van der Waals surface area (Å²) in [6.07, 6.45) is 3.29. The Kier molecular flexibility index (Phi) is 4.04. The molecule has 0 bridgehead atoms. The van der Waals surface area contributed by atoms with Crippen molar-refractivity contribution in [1.82, 2.24) is 14.5 Å². The van der Waals surface area contributed by atoms with Crippen LogP contribution in [0.15, 0.2) is 54.9 Å². The number of ether oxygens (including phenoxy) is 2. The lowest BCUT2D eigenvalue weighted by Gasteiger charge is -2.09. The number of hydrogen-bond donors (Lipinski definition) is 0. The minimum Gasteiger partial charge on any atom is -0.465 e. The van der Waals surface area contributed by atoms with Gasteiger partial charge in [0.1, 0.15) is 0 Å². The highest BCUT2D eigenvalue weighted by Crippen LogP contribution is 2.33. The molecule has 7 heteroatoms. The number of nitrogens with zero attached hydrogens (tertiary/aromatic N) is 3. The fraction of sp³-hybridized carbons (Fsp3) is 0.100. The number of aromatic nitrogens is 3. The smallest absolute Gasteiger partial charge is 0.338 e. The Balaban J connectivity index is 2.16. The molecule has 4 aromatic rings. The third kappa shape index (κ3) is 2.60. The number of para-hydroxylation sites is 1. The van der Waals surface area contributed by atoms with E-state index in [1.54, 1.807) is 30.6 Å². The Morgan fingerprint density at radius 3 is 2.11 bits per heavy atom. The number of hydrogen-bond acceptors (Lipinski definition) is 6. The minimum absolute atomic E-state index is 0.122. The van der Waals surface area contributed by atoms with Crippen LogP contribution in [-0.2, 0) is 9.47 Å². The largest absolute Gasteiger partial charge is 0.465 e. The van der Waals surface area contributed by atoms with E-state index >= 15 is 0 Å². The molecule has 27 heavy (non-hydrogen) atoms. The third-order valence-electron chi connectivity index (χ3n) is 4.37. The molecule has 0 spiro atoms. The van der Waals surface area contributed by atoms with Crippen molar-refractivity contribution in [2.45, 2.75) is 0 Å². The molecule has 4 rings (SSSR count). The van der Waals surface area contributed by atoms with Gasteiger partial charge in [-0.25, -0.2) is 19.6 Å². The number of methoxy groups -OCH3 is 2. The molecule has 2 aromatic carbocycles. The molecule has 0 unspecified atom stereocenters. The van der Waals surface area contributed by atoms with Crippen molar-refractivity contribution in [3.8, 4) is 5.95 Å². The zero-order chi connectivity index (χ0) is 19.0. The van der Waals surface area contributed by atoms with Crippen LogP contribution in [0.4, 0.5) is 0 Å². The lowest BCUT2D eigenvalue weighted by molar-refractivity contribution is 0.0555. The zero-order valence-corrected chi connectivity index (χ0v) is 14.7. The van der Waals surface area contributed by atoms with Crippen molar-refractivity contribution in [2.24, 2.45) is 0 Å². The molecule has 0 amide bonds. The summed E-state index contributed by atoms with van der Waals surface area (Å²) in [4.78, 5) is 33.2. The molecule has 0 N–H and O–H groups in total. The van der Waals surface area contributed by atoms with Gasteiger partial charge in [0.15, 0.2) is 0 Å². The van der Waals surface area contributed by atoms with E-state index in [0.717, 1.165) is 16.3 Å². The second-order valence-electron chi connectivity index (χ2n) is 5.80. The number of esters is 2. The normalized spacial score (nSPS) is 10.9. The molecular weight excluding hydrogens is 346 g/mol. The second-order valence-corrected chi connectivity index (χ2v) is 5.80. The van der Waals surface area contributed by atoms with Gasteiger partial charge in [-0.05, 0) is 24.3 Å². The van der Waals surface area contributed by atoms with E-state index in [0.29, 0.717) is 11.5 Å². The highest BCUT2D eigenvalue weighted by molar-refractivity contribution is 6.14. The van der Waals surface area contributed by atoms with Crippen molar-refractivity contribution in [2.75, 3.05) is 14.2 Å². The summed E-state index contributed by atoms with van der Waals surface area (Å²) < 4.78 is 11.5. The van der Waals surface area contributed by atoms with Gasteiger partial charge in [0.05, 0.1) is 36.4 Å². The zero-order valence-electron chi connectivity index (χ0n) is 14.7. The Labute approximate surface area is 154 Å². The Bertz CT molecular complexity index is 1180. The van der Waals surface area contributed by atoms with Crippen molar-refractivity contribution in [1.29, 1.82) is 0 Å². The number of fused-ring (bicyclic) bond motifs is 3. The van der Waals surface area contributed by atoms with Gasteiger partial charge in [-0.2, -0.15) is 0 Å². The van der Waals surface area contributed by atoms with Crippen LogP contribution < -0.4 is 0 Å². The molecule has 0 aliphatic rings. The first kappa shape index (κ1) is 16.7. The lowest BCUT2D eigenvalue weighted by atomic mass is 10.0. The minimum atomic E-state index is -0.622. The van der Waals surface area contributed by atoms with E-state index in [4.69, 9.17) is 9.47 Å². The van der Waals surface area contributed by atoms with Crippen LogP contribution in [0.2, 0.25) is 0 Å². The Hall–Kier alpha value is -3.74. The van der Waals surface area contributed by atoms with Gasteiger partial charge >= 0.3 is 11.9 Å². The van der Waals surface area contributed by atoms with E-state index in [1.165, 1.54) is 14.2 Å². The maximum Gasteiger partial charge on any atom is 0.338 e. The summed E-state index contributed by atoms with van der Waals surface area (Å²) in [6.45, 7) is 0. The van der Waals surface area contributed by atoms with Crippen LogP contribution in [-0.4, -0.2) is 40.7 Å². The van der Waals surface area contributed by atoms with Crippen molar-refractivity contribution >= 4 is 33.7 Å². The van der Waals surface area contributed by atoms with Crippen LogP contribution >= 0.6 is 0 Å². The predicted octanol–water partition coefficient (Wildman–Crippen LogP) is 3.15. The van der Waals surface area contributed by atoms with Gasteiger partial charge in [-0.1, -0.05) is 18.2 Å². The van der Waals surface area contributed by atoms with E-state index in [9.17, 15) is 9.59 Å². The van der Waals surface area contributed by atoms with E-state index in [-0.39, 0.29) is 11.1 Å². The molecular formula is C20H15N3O4. The first-order chi connectivity index (χ1) is 13.2. The molecule has 0 saturated heterocycles. The average Bonchev–Trinajstić information content (AvgIpc) is 3.05. The van der Waals surface area contributed by atoms with Crippen molar-refractivity contribution in [3.63, 3.8) is 0 Å². The lowest BCUT2D eigenvalue weighted by Crippen LogP contribution is -2.12. The fourth-order valence-electron chi connectivity index (χ4n) is 3.19. The highest BCUT2D eigenvalue weighted by atomic mass is 16.5. The van der Waals surface area contributed by atoms with Crippen LogP contribution in [0.3, 0.4) is 0 Å². The molecule has 0 radical (unpaired) electrons. The van der Waals surface area contributed by atoms with Crippen LogP contribution in [0.25, 0.3) is 27.8 Å². The van der Waals surface area contributed by atoms with Gasteiger partial charge in [-0.3, -0.25) is 4.57 Å². The summed E-state index contributed by atoms with van der Waals surface area (Å²) in [5.41, 5.74) is 1.82. The SMILES string of the molecule is COC(=O)c1cc2c3ccccc3n(-c3ncccn3)c2cc1C(=O)OC.